The highest BCUT2D eigenvalue weighted by Crippen LogP contribution is 2.44. The Bertz CT molecular complexity index is 673. The molecule has 1 saturated heterocycles. The van der Waals surface area contributed by atoms with Crippen molar-refractivity contribution >= 4 is 5.91 Å². The van der Waals surface area contributed by atoms with Crippen LogP contribution in [0.1, 0.15) is 16.1 Å². The highest BCUT2D eigenvalue weighted by Gasteiger charge is 2.54. The summed E-state index contributed by atoms with van der Waals surface area (Å²) in [6, 6.07) is 3.99. The van der Waals surface area contributed by atoms with Gasteiger partial charge in [0.1, 0.15) is 17.8 Å². The Morgan fingerprint density at radius 2 is 2.19 bits per heavy atom. The molecular formula is C15H16N4O2. The number of aromatic nitrogens is 3. The van der Waals surface area contributed by atoms with Crippen molar-refractivity contribution in [2.75, 3.05) is 13.2 Å². The second-order valence-electron chi connectivity index (χ2n) is 5.72. The fraction of sp³-hybridized carbons (Fsp3) is 0.400. The van der Waals surface area contributed by atoms with Crippen molar-refractivity contribution in [1.29, 1.82) is 0 Å². The van der Waals surface area contributed by atoms with E-state index in [0.29, 0.717) is 23.3 Å². The molecule has 21 heavy (non-hydrogen) atoms. The number of nitrogens with one attached hydrogen (secondary N) is 1. The summed E-state index contributed by atoms with van der Waals surface area (Å²) >= 11 is 0. The predicted molar refractivity (Wildman–Crippen MR) is 75.1 cm³/mol. The first-order valence-corrected chi connectivity index (χ1v) is 7.08. The minimum absolute atomic E-state index is 0.112. The molecule has 0 radical (unpaired) electrons. The summed E-state index contributed by atoms with van der Waals surface area (Å²) in [5, 5.41) is 3.07. The largest absolute Gasteiger partial charge is 0.381 e. The standard InChI is InChI=1S/C15H16N4O2/c1-9-4-12(17-13(5-9)19-3-2-16-8-19)15(20)18-14-10-6-21-7-11(10)14/h2-5,8,10-11,14H,6-7H2,1H3,(H,18,20). The van der Waals surface area contributed by atoms with Crippen LogP contribution in [0.2, 0.25) is 0 Å². The van der Waals surface area contributed by atoms with Crippen molar-refractivity contribution in [3.8, 4) is 5.82 Å². The summed E-state index contributed by atoms with van der Waals surface area (Å²) in [6.07, 6.45) is 5.17. The molecule has 3 heterocycles. The SMILES string of the molecule is Cc1cc(C(=O)NC2C3COCC32)nc(-n2ccnc2)c1. The molecule has 1 aliphatic heterocycles. The molecular weight excluding hydrogens is 268 g/mol. The average Bonchev–Trinajstić information content (AvgIpc) is 2.97. The van der Waals surface area contributed by atoms with Gasteiger partial charge in [-0.15, -0.1) is 0 Å². The van der Waals surface area contributed by atoms with Gasteiger partial charge in [-0.05, 0) is 24.6 Å². The van der Waals surface area contributed by atoms with E-state index in [2.05, 4.69) is 15.3 Å². The third-order valence-corrected chi connectivity index (χ3v) is 4.21. The van der Waals surface area contributed by atoms with E-state index < -0.39 is 0 Å². The number of carbonyl (C=O) groups excluding carboxylic acids is 1. The van der Waals surface area contributed by atoms with Crippen molar-refractivity contribution in [2.24, 2.45) is 11.8 Å². The van der Waals surface area contributed by atoms with Crippen LogP contribution in [-0.4, -0.2) is 39.7 Å². The molecule has 108 valence electrons. The van der Waals surface area contributed by atoms with Crippen molar-refractivity contribution in [3.63, 3.8) is 0 Å². The maximum absolute atomic E-state index is 12.4. The molecule has 0 bridgehead atoms. The van der Waals surface area contributed by atoms with Crippen LogP contribution in [0.25, 0.3) is 5.82 Å². The molecule has 0 aromatic carbocycles. The molecule has 2 aromatic rings. The lowest BCUT2D eigenvalue weighted by atomic mass is 10.2. The maximum atomic E-state index is 12.4. The van der Waals surface area contributed by atoms with Gasteiger partial charge in [0.15, 0.2) is 0 Å². The number of amides is 1. The van der Waals surface area contributed by atoms with Crippen molar-refractivity contribution in [2.45, 2.75) is 13.0 Å². The van der Waals surface area contributed by atoms with Crippen molar-refractivity contribution in [3.05, 3.63) is 42.1 Å². The Hall–Kier alpha value is -2.21. The summed E-state index contributed by atoms with van der Waals surface area (Å²) in [6.45, 7) is 3.48. The average molecular weight is 284 g/mol. The van der Waals surface area contributed by atoms with E-state index in [1.54, 1.807) is 17.1 Å². The van der Waals surface area contributed by atoms with E-state index in [1.165, 1.54) is 0 Å². The zero-order valence-corrected chi connectivity index (χ0v) is 11.7. The summed E-state index contributed by atoms with van der Waals surface area (Å²) in [7, 11) is 0. The minimum Gasteiger partial charge on any atom is -0.381 e. The number of rotatable bonds is 3. The van der Waals surface area contributed by atoms with E-state index in [1.807, 2.05) is 25.3 Å². The molecule has 4 rings (SSSR count). The molecule has 0 spiro atoms. The van der Waals surface area contributed by atoms with Crippen LogP contribution in [0.5, 0.6) is 0 Å². The van der Waals surface area contributed by atoms with Crippen LogP contribution in [0, 0.1) is 18.8 Å². The quantitative estimate of drug-likeness (QED) is 0.911. The number of fused-ring (bicyclic) bond motifs is 1. The zero-order valence-electron chi connectivity index (χ0n) is 11.7. The van der Waals surface area contributed by atoms with E-state index in [0.717, 1.165) is 18.8 Å². The Morgan fingerprint density at radius 1 is 1.38 bits per heavy atom. The number of carbonyl (C=O) groups is 1. The first-order chi connectivity index (χ1) is 10.2. The Labute approximate surface area is 122 Å². The Kier molecular flexibility index (Phi) is 2.78. The van der Waals surface area contributed by atoms with E-state index in [9.17, 15) is 4.79 Å². The van der Waals surface area contributed by atoms with Gasteiger partial charge in [0, 0.05) is 30.3 Å². The summed E-state index contributed by atoms with van der Waals surface area (Å²) < 4.78 is 7.13. The van der Waals surface area contributed by atoms with Gasteiger partial charge in [0.25, 0.3) is 5.91 Å². The van der Waals surface area contributed by atoms with E-state index >= 15 is 0 Å². The van der Waals surface area contributed by atoms with Crippen LogP contribution in [0.3, 0.4) is 0 Å². The van der Waals surface area contributed by atoms with Crippen LogP contribution in [0.4, 0.5) is 0 Å². The number of aryl methyl sites for hydroxylation is 1. The smallest absolute Gasteiger partial charge is 0.270 e. The summed E-state index contributed by atoms with van der Waals surface area (Å²) in [4.78, 5) is 20.8. The molecule has 2 unspecified atom stereocenters. The van der Waals surface area contributed by atoms with Crippen LogP contribution >= 0.6 is 0 Å². The Morgan fingerprint density at radius 3 is 2.90 bits per heavy atom. The highest BCUT2D eigenvalue weighted by atomic mass is 16.5. The molecule has 2 aromatic heterocycles. The molecule has 1 aliphatic carbocycles. The summed E-state index contributed by atoms with van der Waals surface area (Å²) in [5.74, 6) is 1.58. The lowest BCUT2D eigenvalue weighted by molar-refractivity contribution is 0.0924. The zero-order chi connectivity index (χ0) is 14.4. The molecule has 2 fully saturated rings. The van der Waals surface area contributed by atoms with E-state index in [4.69, 9.17) is 4.74 Å². The van der Waals surface area contributed by atoms with Crippen molar-refractivity contribution in [1.82, 2.24) is 19.9 Å². The fourth-order valence-electron chi connectivity index (χ4n) is 2.97. The number of imidazole rings is 1. The summed E-state index contributed by atoms with van der Waals surface area (Å²) in [5.41, 5.74) is 1.45. The third-order valence-electron chi connectivity index (χ3n) is 4.21. The predicted octanol–water partition coefficient (Wildman–Crippen LogP) is 0.950. The number of hydrogen-bond acceptors (Lipinski definition) is 4. The number of ether oxygens (including phenoxy) is 1. The number of hydrogen-bond donors (Lipinski definition) is 1. The number of pyridine rings is 1. The molecule has 6 nitrogen and oxygen atoms in total. The Balaban J connectivity index is 1.55. The van der Waals surface area contributed by atoms with Gasteiger partial charge < -0.3 is 10.1 Å². The normalized spacial score (nSPS) is 26.4. The lowest BCUT2D eigenvalue weighted by Gasteiger charge is -2.09. The van der Waals surface area contributed by atoms with Crippen LogP contribution in [0.15, 0.2) is 30.9 Å². The monoisotopic (exact) mass is 284 g/mol. The first kappa shape index (κ1) is 12.5. The second kappa shape index (κ2) is 4.66. The fourth-order valence-corrected chi connectivity index (χ4v) is 2.97. The van der Waals surface area contributed by atoms with Crippen molar-refractivity contribution < 1.29 is 9.53 Å². The third kappa shape index (κ3) is 2.21. The number of nitrogens with zero attached hydrogens (tertiary/aromatic N) is 3. The van der Waals surface area contributed by atoms with Gasteiger partial charge in [0.2, 0.25) is 0 Å². The van der Waals surface area contributed by atoms with Gasteiger partial charge in [-0.2, -0.15) is 0 Å². The van der Waals surface area contributed by atoms with Gasteiger partial charge in [-0.1, -0.05) is 0 Å². The first-order valence-electron chi connectivity index (χ1n) is 7.08. The maximum Gasteiger partial charge on any atom is 0.270 e. The van der Waals surface area contributed by atoms with Gasteiger partial charge in [-0.25, -0.2) is 9.97 Å². The molecule has 6 heteroatoms. The molecule has 1 saturated carbocycles. The lowest BCUT2D eigenvalue weighted by Crippen LogP contribution is -2.30. The second-order valence-corrected chi connectivity index (χ2v) is 5.72. The van der Waals surface area contributed by atoms with E-state index in [-0.39, 0.29) is 11.9 Å². The molecule has 1 N–H and O–H groups in total. The molecule has 2 atom stereocenters. The van der Waals surface area contributed by atoms with Gasteiger partial charge in [-0.3, -0.25) is 9.36 Å². The van der Waals surface area contributed by atoms with Gasteiger partial charge >= 0.3 is 0 Å². The van der Waals surface area contributed by atoms with Gasteiger partial charge in [0.05, 0.1) is 13.2 Å². The molecule has 2 aliphatic rings. The highest BCUT2D eigenvalue weighted by molar-refractivity contribution is 5.93. The topological polar surface area (TPSA) is 69.0 Å². The molecule has 1 amide bonds. The van der Waals surface area contributed by atoms with Crippen LogP contribution < -0.4 is 5.32 Å². The van der Waals surface area contributed by atoms with Crippen LogP contribution in [-0.2, 0) is 4.74 Å². The minimum atomic E-state index is -0.112.